The minimum absolute atomic E-state index is 0.0270. The summed E-state index contributed by atoms with van der Waals surface area (Å²) in [5.41, 5.74) is 1.86. The van der Waals surface area contributed by atoms with Crippen molar-refractivity contribution >= 4 is 55.2 Å². The van der Waals surface area contributed by atoms with Gasteiger partial charge in [-0.3, -0.25) is 14.3 Å². The molecule has 1 saturated heterocycles. The van der Waals surface area contributed by atoms with Crippen LogP contribution < -0.4 is 10.0 Å². The third-order valence-electron chi connectivity index (χ3n) is 7.70. The van der Waals surface area contributed by atoms with Gasteiger partial charge in [0.1, 0.15) is 5.82 Å². The van der Waals surface area contributed by atoms with Crippen molar-refractivity contribution in [2.24, 2.45) is 0 Å². The summed E-state index contributed by atoms with van der Waals surface area (Å²) in [6.07, 6.45) is 2.52. The molecule has 216 valence electrons. The molecule has 10 heteroatoms. The average Bonchev–Trinajstić information content (AvgIpc) is 3.68. The van der Waals surface area contributed by atoms with Crippen LogP contribution >= 0.6 is 0 Å². The highest BCUT2D eigenvalue weighted by molar-refractivity contribution is 7.91. The number of aromatic nitrogens is 1. The maximum atomic E-state index is 13.8. The SMILES string of the molecule is N#Cc1ccc(CCC(=O)N2CCCC2)c(C(=O)Nc2cc3ccccc3n2S(=O)(=O)Nc2ccc3ccccc3c2)c1. The maximum Gasteiger partial charge on any atom is 0.329 e. The number of anilines is 2. The summed E-state index contributed by atoms with van der Waals surface area (Å²) in [6, 6.07) is 28.3. The van der Waals surface area contributed by atoms with Gasteiger partial charge in [-0.05, 0) is 72.0 Å². The van der Waals surface area contributed by atoms with Crippen molar-refractivity contribution in [3.05, 3.63) is 108 Å². The van der Waals surface area contributed by atoms with E-state index in [0.717, 1.165) is 40.7 Å². The molecule has 0 radical (unpaired) electrons. The number of hydrogen-bond donors (Lipinski definition) is 2. The predicted molar refractivity (Wildman–Crippen MR) is 167 cm³/mol. The van der Waals surface area contributed by atoms with Crippen LogP contribution in [0.1, 0.15) is 40.7 Å². The highest BCUT2D eigenvalue weighted by atomic mass is 32.2. The van der Waals surface area contributed by atoms with Crippen LogP contribution in [0.15, 0.2) is 91.0 Å². The summed E-state index contributed by atoms with van der Waals surface area (Å²) < 4.78 is 31.4. The zero-order valence-corrected chi connectivity index (χ0v) is 24.1. The van der Waals surface area contributed by atoms with Gasteiger partial charge in [-0.2, -0.15) is 13.7 Å². The van der Waals surface area contributed by atoms with Crippen LogP contribution in [0.25, 0.3) is 21.7 Å². The third-order valence-corrected chi connectivity index (χ3v) is 9.06. The van der Waals surface area contributed by atoms with Crippen LogP contribution in [0.3, 0.4) is 0 Å². The zero-order chi connectivity index (χ0) is 30.0. The summed E-state index contributed by atoms with van der Waals surface area (Å²) in [5.74, 6) is -0.508. The van der Waals surface area contributed by atoms with Crippen LogP contribution in [0.4, 0.5) is 11.5 Å². The van der Waals surface area contributed by atoms with Crippen molar-refractivity contribution in [1.29, 1.82) is 5.26 Å². The number of amides is 2. The van der Waals surface area contributed by atoms with Gasteiger partial charge in [-0.15, -0.1) is 0 Å². The van der Waals surface area contributed by atoms with Gasteiger partial charge in [0.05, 0.1) is 22.8 Å². The Morgan fingerprint density at radius 1 is 0.837 bits per heavy atom. The molecule has 9 nitrogen and oxygen atoms in total. The number of aryl methyl sites for hydroxylation is 1. The smallest absolute Gasteiger partial charge is 0.329 e. The molecule has 1 aromatic heterocycles. The van der Waals surface area contributed by atoms with Gasteiger partial charge < -0.3 is 10.2 Å². The van der Waals surface area contributed by atoms with Gasteiger partial charge in [0.2, 0.25) is 5.91 Å². The normalized spacial score (nSPS) is 13.2. The number of benzene rings is 4. The Kier molecular flexibility index (Phi) is 7.57. The van der Waals surface area contributed by atoms with Gasteiger partial charge in [0.15, 0.2) is 0 Å². The van der Waals surface area contributed by atoms with E-state index in [2.05, 4.69) is 16.1 Å². The molecule has 0 aliphatic carbocycles. The molecule has 2 heterocycles. The highest BCUT2D eigenvalue weighted by Gasteiger charge is 2.24. The van der Waals surface area contributed by atoms with Gasteiger partial charge in [0, 0.05) is 30.5 Å². The number of carbonyl (C=O) groups excluding carboxylic acids is 2. The fraction of sp³-hybridized carbons (Fsp3) is 0.182. The molecule has 1 aliphatic heterocycles. The molecule has 5 aromatic rings. The summed E-state index contributed by atoms with van der Waals surface area (Å²) in [5, 5.41) is 14.7. The Balaban J connectivity index is 1.32. The highest BCUT2D eigenvalue weighted by Crippen LogP contribution is 2.29. The fourth-order valence-corrected chi connectivity index (χ4v) is 6.85. The molecule has 1 aliphatic rings. The number of carbonyl (C=O) groups is 2. The maximum absolute atomic E-state index is 13.8. The number of hydrogen-bond acceptors (Lipinski definition) is 5. The topological polar surface area (TPSA) is 124 Å². The summed E-state index contributed by atoms with van der Waals surface area (Å²) in [7, 11) is -4.23. The molecular weight excluding hydrogens is 562 g/mol. The number of nitrogens with one attached hydrogen (secondary N) is 2. The summed E-state index contributed by atoms with van der Waals surface area (Å²) >= 11 is 0. The first-order valence-corrected chi connectivity index (χ1v) is 15.5. The van der Waals surface area contributed by atoms with Gasteiger partial charge in [-0.1, -0.05) is 54.6 Å². The second-order valence-electron chi connectivity index (χ2n) is 10.5. The van der Waals surface area contributed by atoms with E-state index in [1.165, 1.54) is 6.07 Å². The lowest BCUT2D eigenvalue weighted by atomic mass is 9.99. The van der Waals surface area contributed by atoms with Crippen LogP contribution in [-0.4, -0.2) is 42.2 Å². The van der Waals surface area contributed by atoms with E-state index in [-0.39, 0.29) is 29.3 Å². The van der Waals surface area contributed by atoms with E-state index in [1.807, 2.05) is 35.2 Å². The Labute approximate surface area is 249 Å². The lowest BCUT2D eigenvalue weighted by Gasteiger charge is -2.17. The van der Waals surface area contributed by atoms with Gasteiger partial charge in [0.25, 0.3) is 5.91 Å². The minimum atomic E-state index is -4.23. The van der Waals surface area contributed by atoms with E-state index >= 15 is 0 Å². The number of fused-ring (bicyclic) bond motifs is 2. The molecule has 0 spiro atoms. The van der Waals surface area contributed by atoms with Crippen LogP contribution in [0, 0.1) is 11.3 Å². The number of nitrogens with zero attached hydrogens (tertiary/aromatic N) is 3. The van der Waals surface area contributed by atoms with E-state index in [1.54, 1.807) is 54.6 Å². The van der Waals surface area contributed by atoms with Gasteiger partial charge >= 0.3 is 10.2 Å². The minimum Gasteiger partial charge on any atom is -0.343 e. The van der Waals surface area contributed by atoms with Gasteiger partial charge in [-0.25, -0.2) is 3.97 Å². The molecule has 2 amide bonds. The zero-order valence-electron chi connectivity index (χ0n) is 23.3. The van der Waals surface area contributed by atoms with Crippen molar-refractivity contribution in [3.63, 3.8) is 0 Å². The molecule has 4 aromatic carbocycles. The third kappa shape index (κ3) is 5.80. The lowest BCUT2D eigenvalue weighted by Crippen LogP contribution is -2.28. The largest absolute Gasteiger partial charge is 0.343 e. The number of rotatable bonds is 8. The van der Waals surface area contributed by atoms with Crippen molar-refractivity contribution in [2.45, 2.75) is 25.7 Å². The monoisotopic (exact) mass is 591 g/mol. The lowest BCUT2D eigenvalue weighted by molar-refractivity contribution is -0.130. The van der Waals surface area contributed by atoms with E-state index in [4.69, 9.17) is 0 Å². The predicted octanol–water partition coefficient (Wildman–Crippen LogP) is 5.68. The Morgan fingerprint density at radius 3 is 2.33 bits per heavy atom. The quantitative estimate of drug-likeness (QED) is 0.240. The molecule has 0 bridgehead atoms. The summed E-state index contributed by atoms with van der Waals surface area (Å²) in [4.78, 5) is 28.2. The van der Waals surface area contributed by atoms with Crippen molar-refractivity contribution < 1.29 is 18.0 Å². The van der Waals surface area contributed by atoms with Crippen molar-refractivity contribution in [3.8, 4) is 6.07 Å². The van der Waals surface area contributed by atoms with E-state index in [9.17, 15) is 23.3 Å². The standard InChI is InChI=1S/C33H29N5O4S/c34-22-23-11-12-25(14-16-32(39)37-17-5-6-18-37)29(19-23)33(40)35-31-21-27-9-3-4-10-30(27)38(31)43(41,42)36-28-15-13-24-7-1-2-8-26(24)20-28/h1-4,7-13,15,19-21,36H,5-6,14,16-18H2,(H,35,40). The molecule has 0 atom stereocenters. The Bertz CT molecular complexity index is 2020. The van der Waals surface area contributed by atoms with Crippen LogP contribution in [0.2, 0.25) is 0 Å². The molecule has 43 heavy (non-hydrogen) atoms. The van der Waals surface area contributed by atoms with Crippen molar-refractivity contribution in [1.82, 2.24) is 8.87 Å². The summed E-state index contributed by atoms with van der Waals surface area (Å²) in [6.45, 7) is 1.48. The number of nitriles is 1. The molecule has 1 fully saturated rings. The first-order valence-electron chi connectivity index (χ1n) is 14.1. The molecule has 2 N–H and O–H groups in total. The second-order valence-corrected chi connectivity index (χ2v) is 12.1. The first-order chi connectivity index (χ1) is 20.8. The second kappa shape index (κ2) is 11.6. The van der Waals surface area contributed by atoms with E-state index in [0.29, 0.717) is 28.6 Å². The van der Waals surface area contributed by atoms with Crippen LogP contribution in [-0.2, 0) is 21.4 Å². The van der Waals surface area contributed by atoms with Crippen molar-refractivity contribution in [2.75, 3.05) is 23.1 Å². The Hall–Kier alpha value is -5.14. The van der Waals surface area contributed by atoms with Crippen LogP contribution in [0.5, 0.6) is 0 Å². The number of likely N-dealkylation sites (tertiary alicyclic amines) is 1. The fourth-order valence-electron chi connectivity index (χ4n) is 5.55. The number of para-hydroxylation sites is 1. The molecular formula is C33H29N5O4S. The van der Waals surface area contributed by atoms with E-state index < -0.39 is 16.1 Å². The first kappa shape index (κ1) is 28.0. The average molecular weight is 592 g/mol. The molecule has 0 saturated carbocycles. The Morgan fingerprint density at radius 2 is 1.56 bits per heavy atom. The molecule has 6 rings (SSSR count). The molecule has 0 unspecified atom stereocenters.